The highest BCUT2D eigenvalue weighted by molar-refractivity contribution is 4.99. The molecular weight excluding hydrogens is 178 g/mol. The Balaban J connectivity index is 2.95. The molecule has 0 radical (unpaired) electrons. The van der Waals surface area contributed by atoms with Crippen molar-refractivity contribution in [3.8, 4) is 0 Å². The lowest BCUT2D eigenvalue weighted by atomic mass is 10.0. The molecule has 1 rings (SSSR count). The maximum atomic E-state index is 9.41. The third kappa shape index (κ3) is 1.48. The predicted octanol–water partition coefficient (Wildman–Crippen LogP) is -0.874. The quantitative estimate of drug-likeness (QED) is 0.297. The minimum atomic E-state index is -1.74. The predicted molar refractivity (Wildman–Crippen MR) is 41.5 cm³/mol. The number of aliphatic hydroxyl groups is 3. The summed E-state index contributed by atoms with van der Waals surface area (Å²) in [6.45, 7) is 0.845. The zero-order valence-electron chi connectivity index (χ0n) is 7.03. The lowest BCUT2D eigenvalue weighted by Crippen LogP contribution is -2.44. The van der Waals surface area contributed by atoms with Crippen molar-refractivity contribution in [1.29, 1.82) is 0 Å². The van der Waals surface area contributed by atoms with Crippen LogP contribution in [0.5, 0.6) is 0 Å². The lowest BCUT2D eigenvalue weighted by molar-refractivity contribution is -0.103. The van der Waals surface area contributed by atoms with Crippen molar-refractivity contribution < 1.29 is 20.1 Å². The largest absolute Gasteiger partial charge is 0.393 e. The molecule has 74 valence electrons. The van der Waals surface area contributed by atoms with E-state index in [1.54, 1.807) is 0 Å². The van der Waals surface area contributed by atoms with E-state index in [0.717, 1.165) is 0 Å². The molecule has 0 amide bonds. The molecule has 4 atom stereocenters. The molecule has 0 spiro atoms. The first-order valence-corrected chi connectivity index (χ1v) is 3.78. The molecule has 1 aliphatic rings. The second kappa shape index (κ2) is 3.49. The van der Waals surface area contributed by atoms with E-state index < -0.39 is 30.6 Å². The molecule has 0 saturated carbocycles. The van der Waals surface area contributed by atoms with E-state index in [-0.39, 0.29) is 0 Å². The second-order valence-corrected chi connectivity index (χ2v) is 2.95. The van der Waals surface area contributed by atoms with Crippen LogP contribution in [0, 0.1) is 0 Å². The fourth-order valence-electron chi connectivity index (χ4n) is 1.31. The molecular formula is C6H11N3O4. The summed E-state index contributed by atoms with van der Waals surface area (Å²) < 4.78 is 4.99. The average molecular weight is 189 g/mol. The van der Waals surface area contributed by atoms with Gasteiger partial charge < -0.3 is 20.1 Å². The van der Waals surface area contributed by atoms with E-state index in [9.17, 15) is 10.2 Å². The van der Waals surface area contributed by atoms with Gasteiger partial charge in [0.2, 0.25) is 0 Å². The van der Waals surface area contributed by atoms with Gasteiger partial charge in [-0.15, -0.1) is 0 Å². The minimum absolute atomic E-state index is 0.667. The number of hydrogen-bond donors (Lipinski definition) is 3. The average Bonchev–Trinajstić information content (AvgIpc) is 2.32. The number of ether oxygens (including phenoxy) is 1. The number of hydrogen-bond acceptors (Lipinski definition) is 5. The molecule has 0 aromatic carbocycles. The van der Waals surface area contributed by atoms with Gasteiger partial charge in [-0.2, -0.15) is 0 Å². The SMILES string of the molecule is C[C@@H]1O[C@@](CO)(N=[N+]=[N-])[C@@H](O)[C@H]1O. The third-order valence-electron chi connectivity index (χ3n) is 2.10. The van der Waals surface area contributed by atoms with Gasteiger partial charge in [-0.3, -0.25) is 0 Å². The fourth-order valence-corrected chi connectivity index (χ4v) is 1.31. The van der Waals surface area contributed by atoms with E-state index in [4.69, 9.17) is 15.4 Å². The monoisotopic (exact) mass is 189 g/mol. The summed E-state index contributed by atoms with van der Waals surface area (Å²) >= 11 is 0. The standard InChI is InChI=1S/C6H11N3O4/c1-3-4(11)5(12)6(2-10,13-3)8-9-7/h3-5,10-12H,2H2,1H3/t3-,4-,5-,6+/m0/s1. The summed E-state index contributed by atoms with van der Waals surface area (Å²) in [4.78, 5) is 2.45. The second-order valence-electron chi connectivity index (χ2n) is 2.95. The molecule has 1 heterocycles. The van der Waals surface area contributed by atoms with E-state index >= 15 is 0 Å². The zero-order valence-corrected chi connectivity index (χ0v) is 7.03. The maximum Gasteiger partial charge on any atom is 0.198 e. The first-order chi connectivity index (χ1) is 6.07. The summed E-state index contributed by atoms with van der Waals surface area (Å²) in [5, 5.41) is 30.7. The maximum absolute atomic E-state index is 9.41. The van der Waals surface area contributed by atoms with Gasteiger partial charge in [0, 0.05) is 4.91 Å². The molecule has 0 aromatic rings. The van der Waals surface area contributed by atoms with Crippen molar-refractivity contribution in [2.45, 2.75) is 31.0 Å². The van der Waals surface area contributed by atoms with Gasteiger partial charge >= 0.3 is 0 Å². The highest BCUT2D eigenvalue weighted by Gasteiger charge is 2.52. The summed E-state index contributed by atoms with van der Waals surface area (Å²) in [5.74, 6) is 0. The van der Waals surface area contributed by atoms with E-state index in [1.165, 1.54) is 6.92 Å². The van der Waals surface area contributed by atoms with Gasteiger partial charge in [0.25, 0.3) is 0 Å². The smallest absolute Gasteiger partial charge is 0.198 e. The van der Waals surface area contributed by atoms with Gasteiger partial charge in [0.1, 0.15) is 12.2 Å². The molecule has 7 nitrogen and oxygen atoms in total. The Bertz CT molecular complexity index is 242. The van der Waals surface area contributed by atoms with Gasteiger partial charge in [-0.1, -0.05) is 5.11 Å². The highest BCUT2D eigenvalue weighted by Crippen LogP contribution is 2.32. The van der Waals surface area contributed by atoms with Crippen molar-refractivity contribution in [3.63, 3.8) is 0 Å². The number of azide groups is 1. The van der Waals surface area contributed by atoms with Crippen molar-refractivity contribution in [1.82, 2.24) is 0 Å². The van der Waals surface area contributed by atoms with Crippen LogP contribution in [0.25, 0.3) is 10.4 Å². The van der Waals surface area contributed by atoms with Crippen LogP contribution in [-0.4, -0.2) is 46.0 Å². The van der Waals surface area contributed by atoms with Crippen LogP contribution in [0.4, 0.5) is 0 Å². The zero-order chi connectivity index (χ0) is 10.1. The number of nitrogens with zero attached hydrogens (tertiary/aromatic N) is 3. The molecule has 0 bridgehead atoms. The molecule has 0 aromatic heterocycles. The van der Waals surface area contributed by atoms with Crippen LogP contribution in [-0.2, 0) is 4.74 Å². The Morgan fingerprint density at radius 3 is 2.54 bits per heavy atom. The molecule has 1 saturated heterocycles. The Kier molecular flexibility index (Phi) is 2.74. The van der Waals surface area contributed by atoms with Crippen LogP contribution >= 0.6 is 0 Å². The van der Waals surface area contributed by atoms with E-state index in [0.29, 0.717) is 0 Å². The van der Waals surface area contributed by atoms with Crippen LogP contribution in [0.1, 0.15) is 6.92 Å². The Labute approximate surface area is 74.2 Å². The normalized spacial score (nSPS) is 44.5. The van der Waals surface area contributed by atoms with Gasteiger partial charge in [0.05, 0.1) is 12.7 Å². The topological polar surface area (TPSA) is 119 Å². The molecule has 0 aliphatic carbocycles. The molecule has 1 aliphatic heterocycles. The Morgan fingerprint density at radius 1 is 1.62 bits per heavy atom. The summed E-state index contributed by atoms with van der Waals surface area (Å²) in [5.41, 5.74) is 6.45. The van der Waals surface area contributed by atoms with Gasteiger partial charge in [-0.05, 0) is 12.5 Å². The van der Waals surface area contributed by atoms with E-state index in [1.807, 2.05) is 0 Å². The van der Waals surface area contributed by atoms with Crippen molar-refractivity contribution >= 4 is 0 Å². The number of aliphatic hydroxyl groups excluding tert-OH is 3. The van der Waals surface area contributed by atoms with E-state index in [2.05, 4.69) is 10.0 Å². The summed E-state index contributed by atoms with van der Waals surface area (Å²) in [6, 6.07) is 0. The molecule has 0 unspecified atom stereocenters. The summed E-state index contributed by atoms with van der Waals surface area (Å²) in [6.07, 6.45) is -3.23. The third-order valence-corrected chi connectivity index (χ3v) is 2.10. The fraction of sp³-hybridized carbons (Fsp3) is 1.00. The number of rotatable bonds is 2. The van der Waals surface area contributed by atoms with Crippen molar-refractivity contribution in [2.75, 3.05) is 6.61 Å². The van der Waals surface area contributed by atoms with Gasteiger partial charge in [-0.25, -0.2) is 0 Å². The Hall–Kier alpha value is -0.850. The van der Waals surface area contributed by atoms with Crippen LogP contribution in [0.3, 0.4) is 0 Å². The molecule has 3 N–H and O–H groups in total. The van der Waals surface area contributed by atoms with Crippen LogP contribution in [0.2, 0.25) is 0 Å². The van der Waals surface area contributed by atoms with Crippen LogP contribution < -0.4 is 0 Å². The molecule has 1 fully saturated rings. The van der Waals surface area contributed by atoms with Crippen molar-refractivity contribution in [2.24, 2.45) is 5.11 Å². The molecule has 7 heteroatoms. The van der Waals surface area contributed by atoms with Crippen molar-refractivity contribution in [3.05, 3.63) is 10.4 Å². The lowest BCUT2D eigenvalue weighted by Gasteiger charge is -2.23. The first-order valence-electron chi connectivity index (χ1n) is 3.78. The molecule has 13 heavy (non-hydrogen) atoms. The minimum Gasteiger partial charge on any atom is -0.393 e. The van der Waals surface area contributed by atoms with Gasteiger partial charge in [0.15, 0.2) is 5.72 Å². The first kappa shape index (κ1) is 10.2. The highest BCUT2D eigenvalue weighted by atomic mass is 16.6. The van der Waals surface area contributed by atoms with Crippen LogP contribution in [0.15, 0.2) is 5.11 Å². The Morgan fingerprint density at radius 2 is 2.23 bits per heavy atom. The summed E-state index contributed by atoms with van der Waals surface area (Å²) in [7, 11) is 0.